The number of hydrogen-bond donors (Lipinski definition) is 0. The summed E-state index contributed by atoms with van der Waals surface area (Å²) in [5.74, 6) is 2.60. The van der Waals surface area contributed by atoms with Crippen LogP contribution < -0.4 is 9.47 Å². The zero-order chi connectivity index (χ0) is 18.2. The van der Waals surface area contributed by atoms with Gasteiger partial charge in [-0.25, -0.2) is 9.99 Å². The first-order chi connectivity index (χ1) is 13.3. The fourth-order valence-electron chi connectivity index (χ4n) is 3.64. The molecular formula is C20H19N5O2. The number of allylic oxidation sites excluding steroid dienone is 1. The number of nitrogens with zero attached hydrogens (tertiary/aromatic N) is 5. The Kier molecular flexibility index (Phi) is 3.78. The van der Waals surface area contributed by atoms with Gasteiger partial charge in [0.05, 0.1) is 20.3 Å². The molecule has 0 bridgehead atoms. The van der Waals surface area contributed by atoms with Crippen molar-refractivity contribution in [1.29, 1.82) is 0 Å². The average Bonchev–Trinajstić information content (AvgIpc) is 3.36. The molecule has 7 nitrogen and oxygen atoms in total. The summed E-state index contributed by atoms with van der Waals surface area (Å²) in [6.07, 6.45) is 6.49. The summed E-state index contributed by atoms with van der Waals surface area (Å²) in [5.41, 5.74) is 4.50. The van der Waals surface area contributed by atoms with Crippen LogP contribution >= 0.6 is 0 Å². The number of methoxy groups -OCH3 is 1. The Labute approximate surface area is 157 Å². The van der Waals surface area contributed by atoms with Crippen molar-refractivity contribution in [2.75, 3.05) is 20.4 Å². The number of rotatable bonds is 4. The molecule has 0 saturated heterocycles. The topological polar surface area (TPSA) is 62.5 Å². The van der Waals surface area contributed by atoms with Gasteiger partial charge >= 0.3 is 0 Å². The number of hydrazone groups is 1. The van der Waals surface area contributed by atoms with E-state index < -0.39 is 0 Å². The molecule has 0 aliphatic carbocycles. The van der Waals surface area contributed by atoms with Crippen LogP contribution in [0.25, 0.3) is 5.57 Å². The monoisotopic (exact) mass is 361 g/mol. The van der Waals surface area contributed by atoms with E-state index in [2.05, 4.69) is 26.0 Å². The van der Waals surface area contributed by atoms with Crippen molar-refractivity contribution < 1.29 is 9.47 Å². The van der Waals surface area contributed by atoms with Crippen LogP contribution in [0, 0.1) is 0 Å². The third kappa shape index (κ3) is 2.71. The van der Waals surface area contributed by atoms with Gasteiger partial charge in [-0.1, -0.05) is 12.1 Å². The highest BCUT2D eigenvalue weighted by atomic mass is 16.5. The van der Waals surface area contributed by atoms with Crippen molar-refractivity contribution in [1.82, 2.24) is 14.9 Å². The number of ether oxygens (including phenoxy) is 2. The minimum Gasteiger partial charge on any atom is -0.493 e. The molecule has 1 aromatic heterocycles. The zero-order valence-corrected chi connectivity index (χ0v) is 15.0. The van der Waals surface area contributed by atoms with E-state index in [0.29, 0.717) is 19.1 Å². The van der Waals surface area contributed by atoms with Crippen molar-refractivity contribution in [3.63, 3.8) is 0 Å². The number of aromatic nitrogens is 1. The van der Waals surface area contributed by atoms with E-state index >= 15 is 0 Å². The Morgan fingerprint density at radius 1 is 1.22 bits per heavy atom. The molecule has 0 radical (unpaired) electrons. The molecule has 136 valence electrons. The first kappa shape index (κ1) is 15.9. The summed E-state index contributed by atoms with van der Waals surface area (Å²) < 4.78 is 10.9. The lowest BCUT2D eigenvalue weighted by Crippen LogP contribution is -2.29. The molecule has 0 unspecified atom stereocenters. The largest absolute Gasteiger partial charge is 0.493 e. The molecule has 7 heteroatoms. The molecular weight excluding hydrogens is 342 g/mol. The molecule has 0 amide bonds. The lowest BCUT2D eigenvalue weighted by molar-refractivity contribution is 0.315. The Morgan fingerprint density at radius 2 is 2.19 bits per heavy atom. The van der Waals surface area contributed by atoms with Crippen molar-refractivity contribution in [3.8, 4) is 11.6 Å². The van der Waals surface area contributed by atoms with Gasteiger partial charge in [0.1, 0.15) is 24.6 Å². The van der Waals surface area contributed by atoms with Gasteiger partial charge in [-0.2, -0.15) is 5.10 Å². The number of hydrogen-bond acceptors (Lipinski definition) is 7. The van der Waals surface area contributed by atoms with Crippen molar-refractivity contribution in [3.05, 3.63) is 59.0 Å². The van der Waals surface area contributed by atoms with E-state index in [1.807, 2.05) is 41.8 Å². The van der Waals surface area contributed by atoms with Crippen molar-refractivity contribution in [2.24, 2.45) is 10.1 Å². The summed E-state index contributed by atoms with van der Waals surface area (Å²) in [5, 5.41) is 6.65. The van der Waals surface area contributed by atoms with Crippen LogP contribution in [0.1, 0.15) is 16.7 Å². The second-order valence-electron chi connectivity index (χ2n) is 6.53. The molecule has 0 N–H and O–H groups in total. The average molecular weight is 361 g/mol. The third-order valence-electron chi connectivity index (χ3n) is 4.96. The number of fused-ring (bicyclic) bond motifs is 2. The smallest absolute Gasteiger partial charge is 0.212 e. The molecule has 5 rings (SSSR count). The van der Waals surface area contributed by atoms with Gasteiger partial charge in [-0.15, -0.1) is 0 Å². The maximum Gasteiger partial charge on any atom is 0.212 e. The molecule has 3 aliphatic heterocycles. The summed E-state index contributed by atoms with van der Waals surface area (Å²) >= 11 is 0. The van der Waals surface area contributed by atoms with Crippen LogP contribution in [0.4, 0.5) is 0 Å². The Balaban J connectivity index is 1.51. The second kappa shape index (κ2) is 6.42. The van der Waals surface area contributed by atoms with Crippen LogP contribution in [-0.4, -0.2) is 47.8 Å². The van der Waals surface area contributed by atoms with Crippen molar-refractivity contribution >= 4 is 18.1 Å². The summed E-state index contributed by atoms with van der Waals surface area (Å²) in [4.78, 5) is 10.9. The molecule has 1 aromatic carbocycles. The maximum atomic E-state index is 5.70. The number of aliphatic imine (C=N–C) groups is 1. The molecule has 3 aliphatic rings. The lowest BCUT2D eigenvalue weighted by atomic mass is 10.0. The highest BCUT2D eigenvalue weighted by Gasteiger charge is 2.29. The number of benzene rings is 1. The fourth-order valence-corrected chi connectivity index (χ4v) is 3.64. The van der Waals surface area contributed by atoms with E-state index in [1.165, 1.54) is 11.1 Å². The van der Waals surface area contributed by atoms with Gasteiger partial charge in [-0.3, -0.25) is 9.89 Å². The van der Waals surface area contributed by atoms with Gasteiger partial charge in [-0.05, 0) is 17.7 Å². The minimum atomic E-state index is 0.568. The van der Waals surface area contributed by atoms with Crippen molar-refractivity contribution in [2.45, 2.75) is 13.0 Å². The van der Waals surface area contributed by atoms with Gasteiger partial charge in [0, 0.05) is 41.6 Å². The van der Waals surface area contributed by atoms with E-state index in [9.17, 15) is 0 Å². The minimum absolute atomic E-state index is 0.568. The summed E-state index contributed by atoms with van der Waals surface area (Å²) in [7, 11) is 1.61. The SMILES string of the molecule is COc1ccc(C2=C3N(C=NN3Cc3cccc4c3CCO4)CN=C2)cn1. The van der Waals surface area contributed by atoms with Crippen LogP contribution in [0.15, 0.2) is 52.4 Å². The molecule has 0 atom stereocenters. The first-order valence-corrected chi connectivity index (χ1v) is 8.90. The highest BCUT2D eigenvalue weighted by molar-refractivity contribution is 6.12. The summed E-state index contributed by atoms with van der Waals surface area (Å²) in [6, 6.07) is 10.1. The molecule has 0 fully saturated rings. The summed E-state index contributed by atoms with van der Waals surface area (Å²) in [6.45, 7) is 2.01. The molecule has 4 heterocycles. The van der Waals surface area contributed by atoms with Gasteiger partial charge < -0.3 is 9.47 Å². The predicted octanol–water partition coefficient (Wildman–Crippen LogP) is 2.50. The Morgan fingerprint density at radius 3 is 3.04 bits per heavy atom. The van der Waals surface area contributed by atoms with Gasteiger partial charge in [0.15, 0.2) is 0 Å². The Hall–Kier alpha value is -3.35. The zero-order valence-electron chi connectivity index (χ0n) is 15.0. The van der Waals surface area contributed by atoms with E-state index in [1.54, 1.807) is 13.3 Å². The quantitative estimate of drug-likeness (QED) is 0.837. The molecule has 0 spiro atoms. The van der Waals surface area contributed by atoms with Gasteiger partial charge in [0.2, 0.25) is 5.88 Å². The molecule has 0 saturated carbocycles. The van der Waals surface area contributed by atoms with E-state index in [0.717, 1.165) is 35.7 Å². The van der Waals surface area contributed by atoms with E-state index in [4.69, 9.17) is 9.47 Å². The first-order valence-electron chi connectivity index (χ1n) is 8.90. The van der Waals surface area contributed by atoms with Gasteiger partial charge in [0.25, 0.3) is 0 Å². The normalized spacial score (nSPS) is 17.2. The fraction of sp³-hybridized carbons (Fsp3) is 0.250. The number of pyridine rings is 1. The predicted molar refractivity (Wildman–Crippen MR) is 103 cm³/mol. The maximum absolute atomic E-state index is 5.70. The highest BCUT2D eigenvalue weighted by Crippen LogP contribution is 2.33. The molecule has 27 heavy (non-hydrogen) atoms. The van der Waals surface area contributed by atoms with E-state index in [-0.39, 0.29) is 0 Å². The third-order valence-corrected chi connectivity index (χ3v) is 4.96. The van der Waals surface area contributed by atoms with Crippen LogP contribution in [0.5, 0.6) is 11.6 Å². The standard InChI is InChI=1S/C20H19N5O2/c1-26-19-6-5-14(9-22-19)17-10-21-12-24-13-23-25(20(17)24)11-15-3-2-4-18-16(15)7-8-27-18/h2-6,9-10,13H,7-8,11-12H2,1H3. The lowest BCUT2D eigenvalue weighted by Gasteiger charge is -2.27. The Bertz CT molecular complexity index is 965. The molecule has 2 aromatic rings. The van der Waals surface area contributed by atoms with Crippen LogP contribution in [0.3, 0.4) is 0 Å². The van der Waals surface area contributed by atoms with Crippen LogP contribution in [0.2, 0.25) is 0 Å². The second-order valence-corrected chi connectivity index (χ2v) is 6.53. The van der Waals surface area contributed by atoms with Crippen LogP contribution in [-0.2, 0) is 13.0 Å².